The highest BCUT2D eigenvalue weighted by atomic mass is 15.3. The highest BCUT2D eigenvalue weighted by Crippen LogP contribution is 2.44. The second kappa shape index (κ2) is 5.03. The molecular weight excluding hydrogens is 288 g/mol. The quantitative estimate of drug-likeness (QED) is 0.807. The number of nitrogens with one attached hydrogen (secondary N) is 1. The first-order valence-electron chi connectivity index (χ1n) is 8.76. The maximum atomic E-state index is 4.58. The summed E-state index contributed by atoms with van der Waals surface area (Å²) in [6, 6.07) is 2.81. The van der Waals surface area contributed by atoms with E-state index in [9.17, 15) is 0 Å². The van der Waals surface area contributed by atoms with Gasteiger partial charge in [0.2, 0.25) is 0 Å². The van der Waals surface area contributed by atoms with E-state index < -0.39 is 0 Å². The molecule has 1 N–H and O–H groups in total. The fraction of sp³-hybridized carbons (Fsp3) is 0.588. The molecule has 0 unspecified atom stereocenters. The van der Waals surface area contributed by atoms with Crippen LogP contribution in [0.5, 0.6) is 0 Å². The third kappa shape index (κ3) is 1.94. The predicted molar refractivity (Wildman–Crippen MR) is 88.4 cm³/mol. The molecule has 6 nitrogen and oxygen atoms in total. The van der Waals surface area contributed by atoms with Crippen molar-refractivity contribution in [1.29, 1.82) is 0 Å². The molecule has 1 saturated carbocycles. The van der Waals surface area contributed by atoms with E-state index in [1.54, 1.807) is 0 Å². The van der Waals surface area contributed by atoms with Gasteiger partial charge in [-0.3, -0.25) is 4.40 Å². The molecule has 0 amide bonds. The number of H-pyrrole nitrogens is 1. The Morgan fingerprint density at radius 2 is 2.17 bits per heavy atom. The SMILES string of the molecule is CC[C@@H]1C[C@H](N2CCC2)C[C@@H]1c1nnc2cnc3[nH]ccc3n12. The molecule has 120 valence electrons. The Morgan fingerprint density at radius 3 is 2.96 bits per heavy atom. The minimum absolute atomic E-state index is 0.501. The molecule has 0 spiro atoms. The number of aromatic nitrogens is 5. The maximum absolute atomic E-state index is 4.58. The van der Waals surface area contributed by atoms with Crippen molar-refractivity contribution in [3.8, 4) is 0 Å². The zero-order valence-corrected chi connectivity index (χ0v) is 13.4. The van der Waals surface area contributed by atoms with E-state index in [1.807, 2.05) is 12.4 Å². The van der Waals surface area contributed by atoms with Crippen molar-refractivity contribution in [3.05, 3.63) is 24.3 Å². The molecular formula is C17H22N6. The first-order chi connectivity index (χ1) is 11.3. The fourth-order valence-corrected chi connectivity index (χ4v) is 4.51. The monoisotopic (exact) mass is 310 g/mol. The van der Waals surface area contributed by atoms with E-state index in [4.69, 9.17) is 0 Å². The summed E-state index contributed by atoms with van der Waals surface area (Å²) in [7, 11) is 0. The lowest BCUT2D eigenvalue weighted by Crippen LogP contribution is -2.44. The van der Waals surface area contributed by atoms with Crippen LogP contribution in [0.2, 0.25) is 0 Å². The number of nitrogens with zero attached hydrogens (tertiary/aromatic N) is 5. The number of aromatic amines is 1. The zero-order chi connectivity index (χ0) is 15.4. The summed E-state index contributed by atoms with van der Waals surface area (Å²) in [5.41, 5.74) is 2.85. The molecule has 23 heavy (non-hydrogen) atoms. The zero-order valence-electron chi connectivity index (χ0n) is 13.4. The van der Waals surface area contributed by atoms with Gasteiger partial charge in [0.25, 0.3) is 0 Å². The molecule has 0 aromatic carbocycles. The lowest BCUT2D eigenvalue weighted by molar-refractivity contribution is 0.117. The summed E-state index contributed by atoms with van der Waals surface area (Å²) in [5.74, 6) is 2.33. The van der Waals surface area contributed by atoms with Crippen LogP contribution in [0.1, 0.15) is 44.3 Å². The highest BCUT2D eigenvalue weighted by molar-refractivity contribution is 5.74. The van der Waals surface area contributed by atoms with Gasteiger partial charge in [-0.15, -0.1) is 10.2 Å². The van der Waals surface area contributed by atoms with E-state index >= 15 is 0 Å². The molecule has 0 bridgehead atoms. The Hall–Kier alpha value is -1.95. The number of fused-ring (bicyclic) bond motifs is 3. The molecule has 2 fully saturated rings. The van der Waals surface area contributed by atoms with Gasteiger partial charge >= 0.3 is 0 Å². The van der Waals surface area contributed by atoms with Crippen LogP contribution in [0, 0.1) is 5.92 Å². The van der Waals surface area contributed by atoms with Crippen molar-refractivity contribution < 1.29 is 0 Å². The van der Waals surface area contributed by atoms with Gasteiger partial charge in [0.15, 0.2) is 11.3 Å². The van der Waals surface area contributed by atoms with E-state index in [2.05, 4.69) is 42.5 Å². The number of rotatable bonds is 3. The Bertz CT molecular complexity index is 845. The number of likely N-dealkylation sites (tertiary alicyclic amines) is 1. The summed E-state index contributed by atoms with van der Waals surface area (Å²) in [6.07, 6.45) is 8.85. The molecule has 4 heterocycles. The van der Waals surface area contributed by atoms with E-state index in [0.29, 0.717) is 11.8 Å². The largest absolute Gasteiger partial charge is 0.345 e. The van der Waals surface area contributed by atoms with Crippen LogP contribution in [0.3, 0.4) is 0 Å². The fourth-order valence-electron chi connectivity index (χ4n) is 4.51. The number of hydrogen-bond donors (Lipinski definition) is 1. The Morgan fingerprint density at radius 1 is 1.26 bits per heavy atom. The molecule has 1 aliphatic heterocycles. The third-order valence-electron chi connectivity index (χ3n) is 5.90. The summed E-state index contributed by atoms with van der Waals surface area (Å²) < 4.78 is 2.21. The van der Waals surface area contributed by atoms with Crippen LogP contribution in [0.4, 0.5) is 0 Å². The van der Waals surface area contributed by atoms with Crippen molar-refractivity contribution in [2.45, 2.75) is 44.6 Å². The van der Waals surface area contributed by atoms with Gasteiger partial charge in [0, 0.05) is 18.2 Å². The van der Waals surface area contributed by atoms with Gasteiger partial charge < -0.3 is 9.88 Å². The predicted octanol–water partition coefficient (Wildman–Crippen LogP) is 2.58. The van der Waals surface area contributed by atoms with Gasteiger partial charge in [0.1, 0.15) is 5.82 Å². The molecule has 3 aromatic heterocycles. The minimum atomic E-state index is 0.501. The van der Waals surface area contributed by atoms with Gasteiger partial charge in [-0.25, -0.2) is 4.98 Å². The molecule has 3 atom stereocenters. The molecule has 1 saturated heterocycles. The Kier molecular flexibility index (Phi) is 2.95. The van der Waals surface area contributed by atoms with Gasteiger partial charge in [-0.2, -0.15) is 0 Å². The van der Waals surface area contributed by atoms with E-state index in [1.165, 1.54) is 38.8 Å². The molecule has 6 heteroatoms. The normalized spacial score (nSPS) is 28.7. The van der Waals surface area contributed by atoms with Gasteiger partial charge in [-0.1, -0.05) is 13.3 Å². The van der Waals surface area contributed by atoms with Crippen LogP contribution in [-0.4, -0.2) is 48.6 Å². The first-order valence-corrected chi connectivity index (χ1v) is 8.76. The Balaban J connectivity index is 1.59. The van der Waals surface area contributed by atoms with Crippen LogP contribution >= 0.6 is 0 Å². The van der Waals surface area contributed by atoms with Crippen LogP contribution in [0.25, 0.3) is 16.8 Å². The summed E-state index contributed by atoms with van der Waals surface area (Å²) in [5, 5.41) is 8.97. The van der Waals surface area contributed by atoms with Crippen molar-refractivity contribution in [3.63, 3.8) is 0 Å². The van der Waals surface area contributed by atoms with Crippen LogP contribution < -0.4 is 0 Å². The minimum Gasteiger partial charge on any atom is -0.345 e. The average Bonchev–Trinajstić information content (AvgIpc) is 3.21. The lowest BCUT2D eigenvalue weighted by Gasteiger charge is -2.36. The molecule has 2 aliphatic rings. The maximum Gasteiger partial charge on any atom is 0.179 e. The molecule has 3 aromatic rings. The van der Waals surface area contributed by atoms with E-state index in [0.717, 1.165) is 28.7 Å². The summed E-state index contributed by atoms with van der Waals surface area (Å²) in [4.78, 5) is 10.3. The van der Waals surface area contributed by atoms with Crippen molar-refractivity contribution in [1.82, 2.24) is 29.5 Å². The number of hydrogen-bond acceptors (Lipinski definition) is 4. The van der Waals surface area contributed by atoms with Gasteiger partial charge in [-0.05, 0) is 44.3 Å². The van der Waals surface area contributed by atoms with Crippen LogP contribution in [-0.2, 0) is 0 Å². The third-order valence-corrected chi connectivity index (χ3v) is 5.90. The smallest absolute Gasteiger partial charge is 0.179 e. The highest BCUT2D eigenvalue weighted by Gasteiger charge is 2.40. The summed E-state index contributed by atoms with van der Waals surface area (Å²) in [6.45, 7) is 4.87. The van der Waals surface area contributed by atoms with Crippen molar-refractivity contribution in [2.24, 2.45) is 5.92 Å². The molecule has 0 radical (unpaired) electrons. The first kappa shape index (κ1) is 13.5. The topological polar surface area (TPSA) is 62.1 Å². The van der Waals surface area contributed by atoms with E-state index in [-0.39, 0.29) is 0 Å². The average molecular weight is 310 g/mol. The molecule has 5 rings (SSSR count). The van der Waals surface area contributed by atoms with Crippen LogP contribution in [0.15, 0.2) is 18.5 Å². The Labute approximate surface area is 134 Å². The van der Waals surface area contributed by atoms with Gasteiger partial charge in [0.05, 0.1) is 11.7 Å². The van der Waals surface area contributed by atoms with Crippen molar-refractivity contribution >= 4 is 16.8 Å². The second-order valence-electron chi connectivity index (χ2n) is 7.01. The molecule has 1 aliphatic carbocycles. The lowest BCUT2D eigenvalue weighted by atomic mass is 9.93. The summed E-state index contributed by atoms with van der Waals surface area (Å²) >= 11 is 0. The van der Waals surface area contributed by atoms with Crippen molar-refractivity contribution in [2.75, 3.05) is 13.1 Å². The second-order valence-corrected chi connectivity index (χ2v) is 7.01. The standard InChI is InChI=1S/C17H22N6/c1-2-11-8-12(22-6-3-7-22)9-13(11)17-21-20-15-10-19-16-14(23(15)17)4-5-18-16/h4-5,10-13,18H,2-3,6-9H2,1H3/t11-,12+,13+/m1/s1.